The van der Waals surface area contributed by atoms with Gasteiger partial charge in [-0.25, -0.2) is 9.97 Å². The lowest BCUT2D eigenvalue weighted by Crippen LogP contribution is -2.11. The largest absolute Gasteiger partial charge is 0.494 e. The van der Waals surface area contributed by atoms with Gasteiger partial charge < -0.3 is 9.84 Å². The topological polar surface area (TPSA) is 72.3 Å². The first-order chi connectivity index (χ1) is 12.0. The van der Waals surface area contributed by atoms with Gasteiger partial charge in [0.15, 0.2) is 0 Å². The minimum absolute atomic E-state index is 0.577. The molecule has 5 nitrogen and oxygen atoms in total. The van der Waals surface area contributed by atoms with Gasteiger partial charge in [-0.2, -0.15) is 0 Å². The van der Waals surface area contributed by atoms with Gasteiger partial charge >= 0.3 is 5.97 Å². The second-order valence-electron chi connectivity index (χ2n) is 5.45. The van der Waals surface area contributed by atoms with Crippen LogP contribution in [0.2, 0.25) is 0 Å². The molecule has 25 heavy (non-hydrogen) atoms. The molecule has 1 aromatic carbocycles. The van der Waals surface area contributed by atoms with Crippen molar-refractivity contribution in [3.05, 3.63) is 35.5 Å². The minimum atomic E-state index is -0.855. The number of carboxylic acid groups (broad SMARTS) is 1. The third-order valence-corrected chi connectivity index (χ3v) is 5.82. The summed E-state index contributed by atoms with van der Waals surface area (Å²) in [5.41, 5.74) is 2.11. The predicted molar refractivity (Wildman–Crippen MR) is 102 cm³/mol. The van der Waals surface area contributed by atoms with Crippen molar-refractivity contribution in [2.24, 2.45) is 0 Å². The number of fused-ring (bicyclic) bond motifs is 1. The molecule has 0 saturated heterocycles. The van der Waals surface area contributed by atoms with E-state index in [2.05, 4.69) is 9.97 Å². The van der Waals surface area contributed by atoms with Crippen molar-refractivity contribution < 1.29 is 14.6 Å². The summed E-state index contributed by atoms with van der Waals surface area (Å²) in [5.74, 6) is -0.0277. The van der Waals surface area contributed by atoms with E-state index >= 15 is 0 Å². The van der Waals surface area contributed by atoms with E-state index in [0.29, 0.717) is 11.6 Å². The standard InChI is InChI=1S/C18H18N2O3S2/c1-4-23-13-7-5-12(6-8-13)14-10(2)24-16-15(14)17(20-9-19-16)25-11(3)18(21)22/h5-9,11H,4H2,1-3H3,(H,21,22). The molecule has 3 aromatic rings. The lowest BCUT2D eigenvalue weighted by molar-refractivity contribution is -0.136. The van der Waals surface area contributed by atoms with Gasteiger partial charge in [-0.15, -0.1) is 11.3 Å². The lowest BCUT2D eigenvalue weighted by atomic mass is 10.0. The predicted octanol–water partition coefficient (Wildman–Crippen LogP) is 4.63. The van der Waals surface area contributed by atoms with Crippen LogP contribution >= 0.6 is 23.1 Å². The molecule has 3 rings (SSSR count). The first kappa shape index (κ1) is 17.7. The molecular formula is C18H18N2O3S2. The lowest BCUT2D eigenvalue weighted by Gasteiger charge is -2.09. The van der Waals surface area contributed by atoms with Crippen LogP contribution < -0.4 is 4.74 Å². The van der Waals surface area contributed by atoms with Gasteiger partial charge in [0.05, 0.1) is 12.0 Å². The molecule has 2 aromatic heterocycles. The molecule has 7 heteroatoms. The Bertz CT molecular complexity index is 907. The first-order valence-corrected chi connectivity index (χ1v) is 9.57. The van der Waals surface area contributed by atoms with Gasteiger partial charge in [0.1, 0.15) is 27.2 Å². The molecule has 0 aliphatic heterocycles. The maximum Gasteiger partial charge on any atom is 0.316 e. The summed E-state index contributed by atoms with van der Waals surface area (Å²) in [5, 5.41) is 10.3. The zero-order chi connectivity index (χ0) is 18.0. The van der Waals surface area contributed by atoms with E-state index < -0.39 is 11.2 Å². The molecule has 2 heterocycles. The maximum absolute atomic E-state index is 11.2. The Labute approximate surface area is 154 Å². The molecule has 0 aliphatic rings. The summed E-state index contributed by atoms with van der Waals surface area (Å²) >= 11 is 2.84. The van der Waals surface area contributed by atoms with E-state index in [1.807, 2.05) is 38.1 Å². The van der Waals surface area contributed by atoms with Gasteiger partial charge in [0, 0.05) is 10.4 Å². The second-order valence-corrected chi connectivity index (χ2v) is 7.98. The Balaban J connectivity index is 2.11. The van der Waals surface area contributed by atoms with Crippen LogP contribution in [0.3, 0.4) is 0 Å². The third kappa shape index (κ3) is 3.62. The van der Waals surface area contributed by atoms with E-state index in [0.717, 1.165) is 32.0 Å². The average Bonchev–Trinajstić information content (AvgIpc) is 2.93. The number of hydrogen-bond donors (Lipinski definition) is 1. The zero-order valence-electron chi connectivity index (χ0n) is 14.1. The Hall–Kier alpha value is -2.12. The van der Waals surface area contributed by atoms with E-state index in [1.54, 1.807) is 18.3 Å². The number of hydrogen-bond acceptors (Lipinski definition) is 6. The molecule has 0 aliphatic carbocycles. The highest BCUT2D eigenvalue weighted by Gasteiger charge is 2.21. The second kappa shape index (κ2) is 7.41. The van der Waals surface area contributed by atoms with Gasteiger partial charge in [-0.3, -0.25) is 4.79 Å². The van der Waals surface area contributed by atoms with Crippen molar-refractivity contribution in [1.29, 1.82) is 0 Å². The van der Waals surface area contributed by atoms with Crippen molar-refractivity contribution in [1.82, 2.24) is 9.97 Å². The molecule has 0 radical (unpaired) electrons. The number of nitrogens with zero attached hydrogens (tertiary/aromatic N) is 2. The number of ether oxygens (including phenoxy) is 1. The minimum Gasteiger partial charge on any atom is -0.494 e. The van der Waals surface area contributed by atoms with Gasteiger partial charge in [0.2, 0.25) is 0 Å². The van der Waals surface area contributed by atoms with E-state index in [-0.39, 0.29) is 0 Å². The SMILES string of the molecule is CCOc1ccc(-c2c(C)sc3ncnc(SC(C)C(=O)O)c23)cc1. The molecule has 0 saturated carbocycles. The summed E-state index contributed by atoms with van der Waals surface area (Å²) in [7, 11) is 0. The van der Waals surface area contributed by atoms with Crippen LogP contribution in [0.15, 0.2) is 35.6 Å². The summed E-state index contributed by atoms with van der Waals surface area (Å²) in [6.07, 6.45) is 1.50. The van der Waals surface area contributed by atoms with Crippen LogP contribution in [-0.2, 0) is 4.79 Å². The molecule has 1 unspecified atom stereocenters. The summed E-state index contributed by atoms with van der Waals surface area (Å²) in [6.45, 7) is 6.29. The average molecular weight is 374 g/mol. The third-order valence-electron chi connectivity index (χ3n) is 3.72. The van der Waals surface area contributed by atoms with Crippen molar-refractivity contribution in [2.75, 3.05) is 6.61 Å². The van der Waals surface area contributed by atoms with E-state index in [9.17, 15) is 9.90 Å². The zero-order valence-corrected chi connectivity index (χ0v) is 15.8. The highest BCUT2D eigenvalue weighted by molar-refractivity contribution is 8.00. The van der Waals surface area contributed by atoms with Gasteiger partial charge in [0.25, 0.3) is 0 Å². The number of carboxylic acids is 1. The Kier molecular flexibility index (Phi) is 5.24. The van der Waals surface area contributed by atoms with E-state index in [4.69, 9.17) is 4.74 Å². The number of thiophene rings is 1. The molecular weight excluding hydrogens is 356 g/mol. The number of thioether (sulfide) groups is 1. The van der Waals surface area contributed by atoms with Gasteiger partial charge in [-0.05, 0) is 38.5 Å². The number of aromatic nitrogens is 2. The van der Waals surface area contributed by atoms with Crippen LogP contribution in [0.5, 0.6) is 5.75 Å². The quantitative estimate of drug-likeness (QED) is 0.501. The van der Waals surface area contributed by atoms with Crippen molar-refractivity contribution >= 4 is 39.3 Å². The molecule has 0 fully saturated rings. The highest BCUT2D eigenvalue weighted by Crippen LogP contribution is 2.42. The fourth-order valence-corrected chi connectivity index (χ4v) is 4.49. The molecule has 130 valence electrons. The normalized spacial score (nSPS) is 12.3. The Morgan fingerprint density at radius 2 is 2.04 bits per heavy atom. The monoisotopic (exact) mass is 374 g/mol. The van der Waals surface area contributed by atoms with Crippen molar-refractivity contribution in [3.8, 4) is 16.9 Å². The van der Waals surface area contributed by atoms with Crippen LogP contribution in [0.1, 0.15) is 18.7 Å². The number of aliphatic carboxylic acids is 1. The smallest absolute Gasteiger partial charge is 0.316 e. The highest BCUT2D eigenvalue weighted by atomic mass is 32.2. The van der Waals surface area contributed by atoms with Crippen molar-refractivity contribution in [3.63, 3.8) is 0 Å². The van der Waals surface area contributed by atoms with Gasteiger partial charge in [-0.1, -0.05) is 23.9 Å². The molecule has 1 N–H and O–H groups in total. The number of benzene rings is 1. The number of carbonyl (C=O) groups is 1. The summed E-state index contributed by atoms with van der Waals surface area (Å²) < 4.78 is 5.51. The molecule has 0 amide bonds. The summed E-state index contributed by atoms with van der Waals surface area (Å²) in [6, 6.07) is 7.92. The first-order valence-electron chi connectivity index (χ1n) is 7.88. The van der Waals surface area contributed by atoms with Crippen LogP contribution in [-0.4, -0.2) is 32.9 Å². The number of aryl methyl sites for hydroxylation is 1. The number of rotatable bonds is 6. The summed E-state index contributed by atoms with van der Waals surface area (Å²) in [4.78, 5) is 21.9. The Morgan fingerprint density at radius 1 is 1.32 bits per heavy atom. The van der Waals surface area contributed by atoms with Crippen molar-refractivity contribution in [2.45, 2.75) is 31.0 Å². The van der Waals surface area contributed by atoms with Crippen LogP contribution in [0.25, 0.3) is 21.3 Å². The maximum atomic E-state index is 11.2. The molecule has 0 spiro atoms. The Morgan fingerprint density at radius 3 is 2.68 bits per heavy atom. The molecule has 1 atom stereocenters. The fraction of sp³-hybridized carbons (Fsp3) is 0.278. The van der Waals surface area contributed by atoms with E-state index in [1.165, 1.54) is 18.1 Å². The van der Waals surface area contributed by atoms with Crippen LogP contribution in [0.4, 0.5) is 0 Å². The molecule has 0 bridgehead atoms. The fourth-order valence-electron chi connectivity index (χ4n) is 2.56. The van der Waals surface area contributed by atoms with Crippen LogP contribution in [0, 0.1) is 6.92 Å².